The topological polar surface area (TPSA) is 67.8 Å². The molecular weight excluding hydrogens is 190 g/mol. The highest BCUT2D eigenvalue weighted by atomic mass is 16.1. The van der Waals surface area contributed by atoms with E-state index in [1.165, 1.54) is 6.21 Å². The molecule has 0 fully saturated rings. The summed E-state index contributed by atoms with van der Waals surface area (Å²) < 4.78 is 0. The molecule has 15 heavy (non-hydrogen) atoms. The molecule has 4 heteroatoms. The standard InChI is InChI=1S/C11H11N3O/c1-7-10(15)6-13-14-11(7)8-2-4-9(12)5-3-8/h2-7H,12H2,1H3. The van der Waals surface area contributed by atoms with Crippen molar-refractivity contribution in [3.05, 3.63) is 29.8 Å². The van der Waals surface area contributed by atoms with Crippen molar-refractivity contribution in [2.24, 2.45) is 16.1 Å². The Morgan fingerprint density at radius 3 is 2.60 bits per heavy atom. The monoisotopic (exact) mass is 201 g/mol. The number of nitrogens with zero attached hydrogens (tertiary/aromatic N) is 2. The Morgan fingerprint density at radius 2 is 1.93 bits per heavy atom. The highest BCUT2D eigenvalue weighted by Crippen LogP contribution is 2.15. The second-order valence-corrected chi connectivity index (χ2v) is 3.48. The van der Waals surface area contributed by atoms with Gasteiger partial charge in [0.25, 0.3) is 0 Å². The molecule has 1 aliphatic heterocycles. The quantitative estimate of drug-likeness (QED) is 0.695. The van der Waals surface area contributed by atoms with Gasteiger partial charge in [-0.15, -0.1) is 0 Å². The lowest BCUT2D eigenvalue weighted by Crippen LogP contribution is -2.25. The van der Waals surface area contributed by atoms with Crippen LogP contribution in [-0.2, 0) is 4.79 Å². The number of hydrogen-bond acceptors (Lipinski definition) is 4. The van der Waals surface area contributed by atoms with Gasteiger partial charge < -0.3 is 5.73 Å². The van der Waals surface area contributed by atoms with Crippen molar-refractivity contribution in [1.29, 1.82) is 0 Å². The molecule has 1 aromatic rings. The number of nitrogen functional groups attached to an aromatic ring is 1. The molecule has 1 heterocycles. The second kappa shape index (κ2) is 3.65. The largest absolute Gasteiger partial charge is 0.399 e. The fourth-order valence-corrected chi connectivity index (χ4v) is 1.44. The zero-order valence-corrected chi connectivity index (χ0v) is 8.34. The van der Waals surface area contributed by atoms with Crippen molar-refractivity contribution in [2.75, 3.05) is 5.73 Å². The molecule has 0 spiro atoms. The van der Waals surface area contributed by atoms with Crippen molar-refractivity contribution >= 4 is 23.4 Å². The summed E-state index contributed by atoms with van der Waals surface area (Å²) in [5.74, 6) is -0.247. The van der Waals surface area contributed by atoms with Crippen molar-refractivity contribution in [3.63, 3.8) is 0 Å². The van der Waals surface area contributed by atoms with Crippen molar-refractivity contribution < 1.29 is 4.79 Å². The molecule has 1 aromatic carbocycles. The number of ketones is 1. The summed E-state index contributed by atoms with van der Waals surface area (Å²) in [6.07, 6.45) is 1.26. The molecule has 76 valence electrons. The molecule has 1 aliphatic rings. The normalized spacial score (nSPS) is 20.2. The summed E-state index contributed by atoms with van der Waals surface area (Å²) >= 11 is 0. The first-order chi connectivity index (χ1) is 7.18. The fraction of sp³-hybridized carbons (Fsp3) is 0.182. The second-order valence-electron chi connectivity index (χ2n) is 3.48. The molecule has 0 saturated carbocycles. The van der Waals surface area contributed by atoms with Crippen LogP contribution in [0.2, 0.25) is 0 Å². The smallest absolute Gasteiger partial charge is 0.184 e. The molecule has 0 radical (unpaired) electrons. The third-order valence-electron chi connectivity index (χ3n) is 2.39. The van der Waals surface area contributed by atoms with E-state index in [2.05, 4.69) is 10.2 Å². The Labute approximate surface area is 87.5 Å². The van der Waals surface area contributed by atoms with Crippen molar-refractivity contribution in [2.45, 2.75) is 6.92 Å². The molecule has 0 saturated heterocycles. The van der Waals surface area contributed by atoms with Crippen LogP contribution in [0.1, 0.15) is 12.5 Å². The van der Waals surface area contributed by atoms with E-state index < -0.39 is 0 Å². The average Bonchev–Trinajstić information content (AvgIpc) is 2.24. The number of hydrogen-bond donors (Lipinski definition) is 1. The van der Waals surface area contributed by atoms with Crippen LogP contribution in [0.25, 0.3) is 0 Å². The summed E-state index contributed by atoms with van der Waals surface area (Å²) in [6, 6.07) is 7.26. The first kappa shape index (κ1) is 9.58. The minimum absolute atomic E-state index is 0.0168. The average molecular weight is 201 g/mol. The number of carbonyl (C=O) groups is 1. The lowest BCUT2D eigenvalue weighted by atomic mass is 9.94. The molecule has 0 bridgehead atoms. The Kier molecular flexibility index (Phi) is 2.33. The van der Waals surface area contributed by atoms with Crippen molar-refractivity contribution in [3.8, 4) is 0 Å². The molecule has 2 N–H and O–H groups in total. The van der Waals surface area contributed by atoms with Crippen LogP contribution >= 0.6 is 0 Å². The Bertz CT molecular complexity index is 445. The molecule has 0 aromatic heterocycles. The summed E-state index contributed by atoms with van der Waals surface area (Å²) in [6.45, 7) is 1.82. The summed E-state index contributed by atoms with van der Waals surface area (Å²) in [5, 5.41) is 7.66. The predicted molar refractivity (Wildman–Crippen MR) is 60.1 cm³/mol. The molecule has 4 nitrogen and oxygen atoms in total. The minimum Gasteiger partial charge on any atom is -0.399 e. The van der Waals surface area contributed by atoms with E-state index in [4.69, 9.17) is 5.73 Å². The van der Waals surface area contributed by atoms with Crippen LogP contribution in [-0.4, -0.2) is 17.7 Å². The molecule has 1 atom stereocenters. The van der Waals surface area contributed by atoms with Crippen LogP contribution in [0, 0.1) is 5.92 Å². The van der Waals surface area contributed by atoms with E-state index in [1.807, 2.05) is 19.1 Å². The maximum Gasteiger partial charge on any atom is 0.184 e. The van der Waals surface area contributed by atoms with Crippen LogP contribution in [0.3, 0.4) is 0 Å². The third kappa shape index (κ3) is 1.79. The van der Waals surface area contributed by atoms with Crippen LogP contribution < -0.4 is 5.73 Å². The molecular formula is C11H11N3O. The van der Waals surface area contributed by atoms with Gasteiger partial charge in [0.05, 0.1) is 17.8 Å². The highest BCUT2D eigenvalue weighted by molar-refractivity contribution is 6.36. The maximum absolute atomic E-state index is 11.4. The molecule has 0 amide bonds. The van der Waals surface area contributed by atoms with Gasteiger partial charge >= 0.3 is 0 Å². The Balaban J connectivity index is 2.39. The number of Topliss-reactive ketones (excluding diaryl/α,β-unsaturated/α-hetero) is 1. The van der Waals surface area contributed by atoms with E-state index in [1.54, 1.807) is 12.1 Å². The summed E-state index contributed by atoms with van der Waals surface area (Å²) in [7, 11) is 0. The van der Waals surface area contributed by atoms with Gasteiger partial charge in [-0.05, 0) is 24.6 Å². The molecule has 1 unspecified atom stereocenters. The Hall–Kier alpha value is -1.97. The number of carbonyl (C=O) groups excluding carboxylic acids is 1. The number of nitrogens with two attached hydrogens (primary N) is 1. The van der Waals surface area contributed by atoms with Gasteiger partial charge in [-0.2, -0.15) is 10.2 Å². The zero-order chi connectivity index (χ0) is 10.8. The lowest BCUT2D eigenvalue weighted by molar-refractivity contribution is -0.114. The summed E-state index contributed by atoms with van der Waals surface area (Å²) in [4.78, 5) is 11.4. The number of benzene rings is 1. The van der Waals surface area contributed by atoms with Gasteiger partial charge in [-0.25, -0.2) is 0 Å². The minimum atomic E-state index is -0.230. The van der Waals surface area contributed by atoms with Gasteiger partial charge in [0.1, 0.15) is 0 Å². The van der Waals surface area contributed by atoms with E-state index in [0.29, 0.717) is 11.4 Å². The van der Waals surface area contributed by atoms with Crippen LogP contribution in [0.15, 0.2) is 34.5 Å². The fourth-order valence-electron chi connectivity index (χ4n) is 1.44. The maximum atomic E-state index is 11.4. The van der Waals surface area contributed by atoms with Crippen LogP contribution in [0.5, 0.6) is 0 Å². The van der Waals surface area contributed by atoms with Crippen LogP contribution in [0.4, 0.5) is 5.69 Å². The number of rotatable bonds is 1. The third-order valence-corrected chi connectivity index (χ3v) is 2.39. The highest BCUT2D eigenvalue weighted by Gasteiger charge is 2.22. The van der Waals surface area contributed by atoms with Crippen molar-refractivity contribution in [1.82, 2.24) is 0 Å². The van der Waals surface area contributed by atoms with E-state index in [-0.39, 0.29) is 11.7 Å². The zero-order valence-electron chi connectivity index (χ0n) is 8.34. The first-order valence-corrected chi connectivity index (χ1v) is 4.69. The van der Waals surface area contributed by atoms with Gasteiger partial charge in [-0.3, -0.25) is 4.79 Å². The van der Waals surface area contributed by atoms with E-state index in [0.717, 1.165) is 5.56 Å². The van der Waals surface area contributed by atoms with Gasteiger partial charge in [0.15, 0.2) is 5.78 Å². The number of anilines is 1. The summed E-state index contributed by atoms with van der Waals surface area (Å²) in [5.41, 5.74) is 7.86. The predicted octanol–water partition coefficient (Wildman–Crippen LogP) is 1.26. The molecule has 2 rings (SSSR count). The van der Waals surface area contributed by atoms with Gasteiger partial charge in [-0.1, -0.05) is 12.1 Å². The van der Waals surface area contributed by atoms with Gasteiger partial charge in [0, 0.05) is 5.69 Å². The first-order valence-electron chi connectivity index (χ1n) is 4.69. The van der Waals surface area contributed by atoms with Gasteiger partial charge in [0.2, 0.25) is 0 Å². The van der Waals surface area contributed by atoms with E-state index in [9.17, 15) is 4.79 Å². The lowest BCUT2D eigenvalue weighted by Gasteiger charge is -2.13. The Morgan fingerprint density at radius 1 is 1.27 bits per heavy atom. The molecule has 0 aliphatic carbocycles. The SMILES string of the molecule is CC1C(=O)C=NN=C1c1ccc(N)cc1. The van der Waals surface area contributed by atoms with E-state index >= 15 is 0 Å².